The smallest absolute Gasteiger partial charge is 0.282 e. The predicted molar refractivity (Wildman–Crippen MR) is 62.7 cm³/mol. The van der Waals surface area contributed by atoms with E-state index in [4.69, 9.17) is 0 Å². The number of carbonyl (C=O) groups is 1. The standard InChI is InChI=1S/C12H21FN2O/c1-5-6-14-7-8-15(11(4)10(14)3)12(16)9(2)13/h10-11H,2,5-8H2,1,3-4H3. The van der Waals surface area contributed by atoms with Crippen molar-refractivity contribution in [1.82, 2.24) is 9.80 Å². The molecule has 16 heavy (non-hydrogen) atoms. The third-order valence-corrected chi connectivity index (χ3v) is 3.40. The summed E-state index contributed by atoms with van der Waals surface area (Å²) in [7, 11) is 0. The Labute approximate surface area is 96.9 Å². The molecule has 92 valence electrons. The van der Waals surface area contributed by atoms with Gasteiger partial charge in [0.05, 0.1) is 0 Å². The topological polar surface area (TPSA) is 23.6 Å². The molecule has 1 rings (SSSR count). The van der Waals surface area contributed by atoms with Crippen LogP contribution in [0.25, 0.3) is 0 Å². The molecule has 0 bridgehead atoms. The molecule has 0 aromatic rings. The van der Waals surface area contributed by atoms with E-state index in [0.29, 0.717) is 6.54 Å². The number of piperazine rings is 1. The van der Waals surface area contributed by atoms with Crippen LogP contribution in [0.5, 0.6) is 0 Å². The SMILES string of the molecule is C=C(F)C(=O)N1CCN(CCC)C(C)C1C. The van der Waals surface area contributed by atoms with E-state index >= 15 is 0 Å². The first-order valence-corrected chi connectivity index (χ1v) is 5.88. The Hall–Kier alpha value is -0.900. The Morgan fingerprint density at radius 2 is 2.00 bits per heavy atom. The summed E-state index contributed by atoms with van der Waals surface area (Å²) in [5, 5.41) is 0. The van der Waals surface area contributed by atoms with Crippen LogP contribution >= 0.6 is 0 Å². The summed E-state index contributed by atoms with van der Waals surface area (Å²) in [4.78, 5) is 15.5. The minimum absolute atomic E-state index is 0.0419. The van der Waals surface area contributed by atoms with E-state index in [-0.39, 0.29) is 12.1 Å². The summed E-state index contributed by atoms with van der Waals surface area (Å²) in [6.07, 6.45) is 1.10. The fourth-order valence-corrected chi connectivity index (χ4v) is 2.25. The lowest BCUT2D eigenvalue weighted by Crippen LogP contribution is -2.59. The van der Waals surface area contributed by atoms with Crippen LogP contribution in [0.3, 0.4) is 0 Å². The van der Waals surface area contributed by atoms with Crippen molar-refractivity contribution in [2.45, 2.75) is 39.3 Å². The van der Waals surface area contributed by atoms with E-state index in [1.165, 1.54) is 0 Å². The molecule has 1 aliphatic rings. The largest absolute Gasteiger partial charge is 0.331 e. The summed E-state index contributed by atoms with van der Waals surface area (Å²) in [6, 6.07) is 0.317. The van der Waals surface area contributed by atoms with E-state index in [1.807, 2.05) is 6.92 Å². The maximum absolute atomic E-state index is 12.8. The molecule has 0 radical (unpaired) electrons. The van der Waals surface area contributed by atoms with Crippen LogP contribution < -0.4 is 0 Å². The quantitative estimate of drug-likeness (QED) is 0.688. The maximum atomic E-state index is 12.8. The summed E-state index contributed by atoms with van der Waals surface area (Å²) in [5.41, 5.74) is 0. The third-order valence-electron chi connectivity index (χ3n) is 3.40. The first kappa shape index (κ1) is 13.2. The van der Waals surface area contributed by atoms with Gasteiger partial charge < -0.3 is 4.90 Å². The van der Waals surface area contributed by atoms with Crippen LogP contribution in [0.1, 0.15) is 27.2 Å². The van der Waals surface area contributed by atoms with Crippen molar-refractivity contribution in [3.8, 4) is 0 Å². The molecule has 0 spiro atoms. The van der Waals surface area contributed by atoms with Crippen LogP contribution in [0.4, 0.5) is 4.39 Å². The molecule has 1 fully saturated rings. The van der Waals surface area contributed by atoms with Gasteiger partial charge in [-0.3, -0.25) is 9.69 Å². The molecule has 2 unspecified atom stereocenters. The minimum Gasteiger partial charge on any atom is -0.331 e. The second-order valence-corrected chi connectivity index (χ2v) is 4.42. The van der Waals surface area contributed by atoms with E-state index in [2.05, 4.69) is 25.3 Å². The molecule has 4 heteroatoms. The molecule has 3 nitrogen and oxygen atoms in total. The number of carbonyl (C=O) groups excluding carboxylic acids is 1. The molecule has 1 aliphatic heterocycles. The Kier molecular flexibility index (Phi) is 4.47. The summed E-state index contributed by atoms with van der Waals surface area (Å²) >= 11 is 0. The highest BCUT2D eigenvalue weighted by atomic mass is 19.1. The van der Waals surface area contributed by atoms with Gasteiger partial charge >= 0.3 is 0 Å². The van der Waals surface area contributed by atoms with Crippen molar-refractivity contribution in [3.63, 3.8) is 0 Å². The second kappa shape index (κ2) is 5.43. The monoisotopic (exact) mass is 228 g/mol. The lowest BCUT2D eigenvalue weighted by Gasteiger charge is -2.44. The third kappa shape index (κ3) is 2.61. The van der Waals surface area contributed by atoms with E-state index in [1.54, 1.807) is 4.90 Å². The Bertz CT molecular complexity index is 280. The van der Waals surface area contributed by atoms with Gasteiger partial charge in [0.2, 0.25) is 0 Å². The highest BCUT2D eigenvalue weighted by molar-refractivity contribution is 5.90. The van der Waals surface area contributed by atoms with Gasteiger partial charge in [-0.05, 0) is 26.8 Å². The van der Waals surface area contributed by atoms with Gasteiger partial charge in [0, 0.05) is 25.2 Å². The zero-order valence-electron chi connectivity index (χ0n) is 10.4. The fourth-order valence-electron chi connectivity index (χ4n) is 2.25. The molecule has 2 atom stereocenters. The molecule has 0 aromatic carbocycles. The van der Waals surface area contributed by atoms with Crippen molar-refractivity contribution >= 4 is 5.91 Å². The molecule has 1 amide bonds. The van der Waals surface area contributed by atoms with Crippen LogP contribution in [0.2, 0.25) is 0 Å². The van der Waals surface area contributed by atoms with Crippen LogP contribution in [-0.2, 0) is 4.79 Å². The van der Waals surface area contributed by atoms with E-state index < -0.39 is 11.7 Å². The van der Waals surface area contributed by atoms with Crippen molar-refractivity contribution in [2.24, 2.45) is 0 Å². The van der Waals surface area contributed by atoms with Gasteiger partial charge in [-0.25, -0.2) is 4.39 Å². The Morgan fingerprint density at radius 1 is 1.38 bits per heavy atom. The van der Waals surface area contributed by atoms with Crippen LogP contribution in [-0.4, -0.2) is 47.4 Å². The first-order valence-electron chi connectivity index (χ1n) is 5.88. The minimum atomic E-state index is -0.858. The second-order valence-electron chi connectivity index (χ2n) is 4.42. The molecule has 0 aromatic heterocycles. The number of amides is 1. The molecule has 0 N–H and O–H groups in total. The zero-order valence-corrected chi connectivity index (χ0v) is 10.4. The number of halogens is 1. The number of hydrogen-bond acceptors (Lipinski definition) is 2. The van der Waals surface area contributed by atoms with Gasteiger partial charge in [0.15, 0.2) is 5.83 Å². The lowest BCUT2D eigenvalue weighted by molar-refractivity contribution is -0.134. The first-order chi connectivity index (χ1) is 7.49. The summed E-state index contributed by atoms with van der Waals surface area (Å²) in [6.45, 7) is 11.7. The molecule has 0 aliphatic carbocycles. The van der Waals surface area contributed by atoms with Gasteiger partial charge in [-0.2, -0.15) is 0 Å². The van der Waals surface area contributed by atoms with E-state index in [0.717, 1.165) is 19.5 Å². The Morgan fingerprint density at radius 3 is 2.50 bits per heavy atom. The number of rotatable bonds is 3. The molecule has 1 heterocycles. The summed E-state index contributed by atoms with van der Waals surface area (Å²) < 4.78 is 12.8. The fraction of sp³-hybridized carbons (Fsp3) is 0.750. The van der Waals surface area contributed by atoms with Gasteiger partial charge in [-0.1, -0.05) is 13.5 Å². The summed E-state index contributed by atoms with van der Waals surface area (Å²) in [5.74, 6) is -1.42. The van der Waals surface area contributed by atoms with Crippen LogP contribution in [0, 0.1) is 0 Å². The average Bonchev–Trinajstić information content (AvgIpc) is 2.24. The van der Waals surface area contributed by atoms with Crippen molar-refractivity contribution in [2.75, 3.05) is 19.6 Å². The lowest BCUT2D eigenvalue weighted by atomic mass is 10.0. The Balaban J connectivity index is 2.68. The zero-order chi connectivity index (χ0) is 12.3. The predicted octanol–water partition coefficient (Wildman–Crippen LogP) is 1.80. The number of hydrogen-bond donors (Lipinski definition) is 0. The van der Waals surface area contributed by atoms with Gasteiger partial charge in [0.1, 0.15) is 0 Å². The molecule has 1 saturated heterocycles. The molecular weight excluding hydrogens is 207 g/mol. The number of nitrogens with zero attached hydrogens (tertiary/aromatic N) is 2. The highest BCUT2D eigenvalue weighted by Crippen LogP contribution is 2.19. The van der Waals surface area contributed by atoms with Crippen molar-refractivity contribution in [1.29, 1.82) is 0 Å². The molecular formula is C12H21FN2O. The van der Waals surface area contributed by atoms with Gasteiger partial charge in [-0.15, -0.1) is 0 Å². The maximum Gasteiger partial charge on any atom is 0.282 e. The normalized spacial score (nSPS) is 26.9. The van der Waals surface area contributed by atoms with Gasteiger partial charge in [0.25, 0.3) is 5.91 Å². The van der Waals surface area contributed by atoms with Crippen molar-refractivity contribution < 1.29 is 9.18 Å². The average molecular weight is 228 g/mol. The molecule has 0 saturated carbocycles. The highest BCUT2D eigenvalue weighted by Gasteiger charge is 2.33. The van der Waals surface area contributed by atoms with Crippen LogP contribution in [0.15, 0.2) is 12.4 Å². The van der Waals surface area contributed by atoms with Crippen molar-refractivity contribution in [3.05, 3.63) is 12.4 Å². The van der Waals surface area contributed by atoms with E-state index in [9.17, 15) is 9.18 Å².